The lowest BCUT2D eigenvalue weighted by atomic mass is 10.1. The van der Waals surface area contributed by atoms with Crippen LogP contribution in [0.25, 0.3) is 17.1 Å². The fourth-order valence-electron chi connectivity index (χ4n) is 2.89. The van der Waals surface area contributed by atoms with Gasteiger partial charge >= 0.3 is 5.97 Å². The molecule has 1 heterocycles. The predicted molar refractivity (Wildman–Crippen MR) is 110 cm³/mol. The lowest BCUT2D eigenvalue weighted by Crippen LogP contribution is -2.25. The Morgan fingerprint density at radius 2 is 1.90 bits per heavy atom. The fourth-order valence-corrected chi connectivity index (χ4v) is 2.89. The van der Waals surface area contributed by atoms with E-state index < -0.39 is 5.60 Å². The van der Waals surface area contributed by atoms with Gasteiger partial charge < -0.3 is 4.74 Å². The monoisotopic (exact) mass is 388 g/mol. The summed E-state index contributed by atoms with van der Waals surface area (Å²) in [5, 5.41) is 13.8. The molecule has 0 amide bonds. The second kappa shape index (κ2) is 8.27. The number of rotatable bonds is 5. The highest BCUT2D eigenvalue weighted by Crippen LogP contribution is 2.21. The van der Waals surface area contributed by atoms with E-state index in [2.05, 4.69) is 23.1 Å². The zero-order valence-corrected chi connectivity index (χ0v) is 17.1. The zero-order valence-electron chi connectivity index (χ0n) is 17.1. The number of hydrogen-bond donors (Lipinski definition) is 0. The number of benzene rings is 2. The minimum atomic E-state index is -0.582. The van der Waals surface area contributed by atoms with Gasteiger partial charge in [-0.3, -0.25) is 4.79 Å². The second-order valence-corrected chi connectivity index (χ2v) is 7.74. The van der Waals surface area contributed by atoms with Crippen molar-refractivity contribution in [2.24, 2.45) is 0 Å². The Morgan fingerprint density at radius 3 is 2.52 bits per heavy atom. The maximum absolute atomic E-state index is 12.4. The molecule has 0 spiro atoms. The fraction of sp³-hybridized carbons (Fsp3) is 0.304. The Kier molecular flexibility index (Phi) is 5.79. The van der Waals surface area contributed by atoms with E-state index in [-0.39, 0.29) is 12.4 Å². The number of esters is 1. The van der Waals surface area contributed by atoms with Crippen LogP contribution in [0.1, 0.15) is 44.6 Å². The van der Waals surface area contributed by atoms with Crippen LogP contribution >= 0.6 is 0 Å². The summed E-state index contributed by atoms with van der Waals surface area (Å²) >= 11 is 0. The van der Waals surface area contributed by atoms with Crippen LogP contribution in [-0.2, 0) is 22.4 Å². The number of carbonyl (C=O) groups is 1. The molecule has 0 fully saturated rings. The van der Waals surface area contributed by atoms with Crippen LogP contribution in [0, 0.1) is 11.3 Å². The Morgan fingerprint density at radius 1 is 1.17 bits per heavy atom. The second-order valence-electron chi connectivity index (χ2n) is 7.74. The number of nitrogens with zero attached hydrogens (tertiary/aromatic N) is 4. The Balaban J connectivity index is 2.02. The first-order valence-electron chi connectivity index (χ1n) is 9.56. The number of nitriles is 1. The summed E-state index contributed by atoms with van der Waals surface area (Å²) in [7, 11) is 0. The summed E-state index contributed by atoms with van der Waals surface area (Å²) in [6, 6.07) is 17.2. The molecule has 29 heavy (non-hydrogen) atoms. The molecule has 0 aliphatic rings. The molecule has 148 valence electrons. The van der Waals surface area contributed by atoms with Crippen LogP contribution in [-0.4, -0.2) is 26.3 Å². The molecule has 0 saturated carbocycles. The van der Waals surface area contributed by atoms with E-state index in [0.29, 0.717) is 22.9 Å². The highest BCUT2D eigenvalue weighted by Gasteiger charge is 2.21. The van der Waals surface area contributed by atoms with Crippen molar-refractivity contribution in [1.82, 2.24) is 14.8 Å². The molecule has 0 unspecified atom stereocenters. The lowest BCUT2D eigenvalue weighted by Gasteiger charge is -2.19. The molecular weight excluding hydrogens is 364 g/mol. The normalized spacial score (nSPS) is 11.1. The van der Waals surface area contributed by atoms with Crippen LogP contribution in [0.15, 0.2) is 48.5 Å². The van der Waals surface area contributed by atoms with Gasteiger partial charge in [-0.15, -0.1) is 5.10 Å². The molecular formula is C23H24N4O2. The SMILES string of the molecule is CCc1ccc(-c2nc(CC(=O)OC(C)(C)C)n(-c3cccc(C#N)c3)n2)cc1. The van der Waals surface area contributed by atoms with Crippen LogP contribution < -0.4 is 0 Å². The number of ether oxygens (including phenoxy) is 1. The van der Waals surface area contributed by atoms with Gasteiger partial charge in [0.25, 0.3) is 0 Å². The van der Waals surface area contributed by atoms with Crippen molar-refractivity contribution in [3.8, 4) is 23.1 Å². The summed E-state index contributed by atoms with van der Waals surface area (Å²) in [6.45, 7) is 7.58. The first-order chi connectivity index (χ1) is 13.8. The third kappa shape index (κ3) is 5.08. The van der Waals surface area contributed by atoms with Crippen molar-refractivity contribution < 1.29 is 9.53 Å². The molecule has 0 aliphatic heterocycles. The summed E-state index contributed by atoms with van der Waals surface area (Å²) in [5.41, 5.74) is 2.69. The molecule has 0 aliphatic carbocycles. The standard InChI is InChI=1S/C23H24N4O2/c1-5-16-9-11-18(12-10-16)22-25-20(14-21(28)29-23(2,3)4)27(26-22)19-8-6-7-17(13-19)15-24/h6-13H,5,14H2,1-4H3. The topological polar surface area (TPSA) is 80.8 Å². The van der Waals surface area contributed by atoms with Crippen LogP contribution in [0.5, 0.6) is 0 Å². The van der Waals surface area contributed by atoms with Gasteiger partial charge in [0.05, 0.1) is 17.3 Å². The Hall–Kier alpha value is -3.46. The first-order valence-corrected chi connectivity index (χ1v) is 9.56. The smallest absolute Gasteiger partial charge is 0.314 e. The van der Waals surface area contributed by atoms with E-state index >= 15 is 0 Å². The van der Waals surface area contributed by atoms with Crippen molar-refractivity contribution in [2.45, 2.75) is 46.1 Å². The average molecular weight is 388 g/mol. The number of aromatic nitrogens is 3. The summed E-state index contributed by atoms with van der Waals surface area (Å²) in [6.07, 6.45) is 0.932. The number of hydrogen-bond acceptors (Lipinski definition) is 5. The quantitative estimate of drug-likeness (QED) is 0.610. The zero-order chi connectivity index (χ0) is 21.0. The Labute approximate surface area is 170 Å². The van der Waals surface area contributed by atoms with Gasteiger partial charge in [0.1, 0.15) is 17.8 Å². The molecule has 0 N–H and O–H groups in total. The van der Waals surface area contributed by atoms with Crippen molar-refractivity contribution in [3.05, 3.63) is 65.5 Å². The minimum Gasteiger partial charge on any atom is -0.460 e. The summed E-state index contributed by atoms with van der Waals surface area (Å²) in [5.74, 6) is 0.605. The average Bonchev–Trinajstić information content (AvgIpc) is 3.10. The minimum absolute atomic E-state index is 0.0197. The van der Waals surface area contributed by atoms with Gasteiger partial charge in [0.2, 0.25) is 0 Å². The first kappa shape index (κ1) is 20.3. The molecule has 0 saturated heterocycles. The molecule has 1 aromatic heterocycles. The predicted octanol–water partition coefficient (Wildman–Crippen LogP) is 4.25. The van der Waals surface area contributed by atoms with E-state index in [1.807, 2.05) is 51.1 Å². The Bertz CT molecular complexity index is 1050. The summed E-state index contributed by atoms with van der Waals surface area (Å²) < 4.78 is 7.06. The molecule has 0 atom stereocenters. The maximum atomic E-state index is 12.4. The molecule has 2 aromatic carbocycles. The highest BCUT2D eigenvalue weighted by atomic mass is 16.6. The van der Waals surface area contributed by atoms with Crippen LogP contribution in [0.3, 0.4) is 0 Å². The third-order valence-corrected chi connectivity index (χ3v) is 4.24. The van der Waals surface area contributed by atoms with Gasteiger partial charge in [-0.25, -0.2) is 9.67 Å². The van der Waals surface area contributed by atoms with E-state index in [1.54, 1.807) is 22.9 Å². The lowest BCUT2D eigenvalue weighted by molar-refractivity contribution is -0.154. The molecule has 0 bridgehead atoms. The number of aryl methyl sites for hydroxylation is 1. The van der Waals surface area contributed by atoms with E-state index in [9.17, 15) is 10.1 Å². The van der Waals surface area contributed by atoms with E-state index in [4.69, 9.17) is 4.74 Å². The molecule has 6 nitrogen and oxygen atoms in total. The highest BCUT2D eigenvalue weighted by molar-refractivity contribution is 5.72. The maximum Gasteiger partial charge on any atom is 0.314 e. The van der Waals surface area contributed by atoms with Crippen molar-refractivity contribution >= 4 is 5.97 Å². The van der Waals surface area contributed by atoms with Gasteiger partial charge in [-0.2, -0.15) is 5.26 Å². The van der Waals surface area contributed by atoms with Gasteiger partial charge in [-0.1, -0.05) is 37.3 Å². The van der Waals surface area contributed by atoms with Crippen molar-refractivity contribution in [1.29, 1.82) is 5.26 Å². The van der Waals surface area contributed by atoms with Crippen LogP contribution in [0.2, 0.25) is 0 Å². The number of carbonyl (C=O) groups excluding carboxylic acids is 1. The largest absolute Gasteiger partial charge is 0.460 e. The molecule has 0 radical (unpaired) electrons. The molecule has 3 aromatic rings. The summed E-state index contributed by atoms with van der Waals surface area (Å²) in [4.78, 5) is 17.0. The van der Waals surface area contributed by atoms with Crippen LogP contribution in [0.4, 0.5) is 0 Å². The molecule has 6 heteroatoms. The van der Waals surface area contributed by atoms with Gasteiger partial charge in [-0.05, 0) is 51.0 Å². The van der Waals surface area contributed by atoms with Gasteiger partial charge in [0.15, 0.2) is 5.82 Å². The molecule has 3 rings (SSSR count). The van der Waals surface area contributed by atoms with E-state index in [1.165, 1.54) is 5.56 Å². The third-order valence-electron chi connectivity index (χ3n) is 4.24. The van der Waals surface area contributed by atoms with E-state index in [0.717, 1.165) is 12.0 Å². The van der Waals surface area contributed by atoms with Gasteiger partial charge in [0, 0.05) is 5.56 Å². The van der Waals surface area contributed by atoms with Crippen molar-refractivity contribution in [2.75, 3.05) is 0 Å². The van der Waals surface area contributed by atoms with Crippen molar-refractivity contribution in [3.63, 3.8) is 0 Å².